The van der Waals surface area contributed by atoms with Crippen LogP contribution in [0.4, 0.5) is 0 Å². The van der Waals surface area contributed by atoms with Gasteiger partial charge in [0.25, 0.3) is 0 Å². The smallest absolute Gasteiger partial charge is 0.378 e. The van der Waals surface area contributed by atoms with Gasteiger partial charge in [0.2, 0.25) is 5.69 Å². The number of hydrogen-bond donors (Lipinski definition) is 0. The van der Waals surface area contributed by atoms with Crippen molar-refractivity contribution in [1.82, 2.24) is 4.98 Å². The van der Waals surface area contributed by atoms with E-state index in [0.29, 0.717) is 18.1 Å². The molecule has 2 aromatic carbocycles. The van der Waals surface area contributed by atoms with Gasteiger partial charge in [-0.25, -0.2) is 4.79 Å². The minimum absolute atomic E-state index is 0.302. The van der Waals surface area contributed by atoms with Crippen molar-refractivity contribution in [3.05, 3.63) is 102 Å². The predicted octanol–water partition coefficient (Wildman–Crippen LogP) is 5.18. The van der Waals surface area contributed by atoms with E-state index in [1.165, 1.54) is 0 Å². The molecule has 2 aromatic heterocycles. The van der Waals surface area contributed by atoms with Gasteiger partial charge in [0.05, 0.1) is 6.61 Å². The van der Waals surface area contributed by atoms with Gasteiger partial charge in [-0.15, -0.1) is 0 Å². The average molecular weight is 395 g/mol. The van der Waals surface area contributed by atoms with E-state index in [2.05, 4.69) is 6.07 Å². The summed E-state index contributed by atoms with van der Waals surface area (Å²) in [5, 5.41) is 0. The van der Waals surface area contributed by atoms with Gasteiger partial charge in [-0.3, -0.25) is 0 Å². The maximum Gasteiger partial charge on any atom is 0.378 e. The van der Waals surface area contributed by atoms with Crippen molar-refractivity contribution >= 4 is 5.97 Å². The zero-order chi connectivity index (χ0) is 20.9. The van der Waals surface area contributed by atoms with Gasteiger partial charge in [0.1, 0.15) is 11.4 Å². The molecule has 0 atom stereocenters. The second-order valence-electron chi connectivity index (χ2n) is 6.94. The van der Waals surface area contributed by atoms with Crippen LogP contribution in [0.1, 0.15) is 23.1 Å². The van der Waals surface area contributed by atoms with Crippen molar-refractivity contribution < 1.29 is 14.1 Å². The van der Waals surface area contributed by atoms with Crippen LogP contribution in [0.2, 0.25) is 0 Å². The summed E-state index contributed by atoms with van der Waals surface area (Å²) >= 11 is 0. The SMILES string of the molecule is CCOC(=O)c1cc(-c2ccccc2)cc(-c2ccccc2)[n+]1-c1cccc(C)n1. The van der Waals surface area contributed by atoms with Crippen molar-refractivity contribution in [2.75, 3.05) is 6.61 Å². The molecule has 0 N–H and O–H groups in total. The first-order chi connectivity index (χ1) is 14.7. The normalized spacial score (nSPS) is 10.6. The Kier molecular flexibility index (Phi) is 5.66. The summed E-state index contributed by atoms with van der Waals surface area (Å²) in [4.78, 5) is 17.7. The van der Waals surface area contributed by atoms with Crippen molar-refractivity contribution in [2.24, 2.45) is 0 Å². The Bertz CT molecular complexity index is 1170. The van der Waals surface area contributed by atoms with Crippen LogP contribution in [-0.2, 0) is 4.74 Å². The molecule has 0 aliphatic carbocycles. The number of nitrogens with zero attached hydrogens (tertiary/aromatic N) is 2. The van der Waals surface area contributed by atoms with E-state index in [0.717, 1.165) is 28.1 Å². The molecule has 4 heteroatoms. The molecule has 0 radical (unpaired) electrons. The Balaban J connectivity index is 2.06. The first kappa shape index (κ1) is 19.5. The largest absolute Gasteiger partial charge is 0.460 e. The van der Waals surface area contributed by atoms with Crippen LogP contribution >= 0.6 is 0 Å². The number of aromatic nitrogens is 2. The second kappa shape index (κ2) is 8.70. The second-order valence-corrected chi connectivity index (χ2v) is 6.94. The number of benzene rings is 2. The number of esters is 1. The number of rotatable bonds is 5. The van der Waals surface area contributed by atoms with E-state index in [1.807, 2.05) is 103 Å². The Hall–Kier alpha value is -3.79. The molecule has 0 aliphatic heterocycles. The van der Waals surface area contributed by atoms with E-state index in [4.69, 9.17) is 9.72 Å². The molecule has 0 saturated carbocycles. The van der Waals surface area contributed by atoms with Crippen LogP contribution < -0.4 is 4.57 Å². The van der Waals surface area contributed by atoms with Crippen LogP contribution in [-0.4, -0.2) is 17.6 Å². The lowest BCUT2D eigenvalue weighted by Gasteiger charge is -2.14. The third-order valence-corrected chi connectivity index (χ3v) is 4.83. The molecule has 4 rings (SSSR count). The first-order valence-corrected chi connectivity index (χ1v) is 9.99. The van der Waals surface area contributed by atoms with Gasteiger partial charge in [0.15, 0.2) is 0 Å². The highest BCUT2D eigenvalue weighted by Crippen LogP contribution is 2.26. The van der Waals surface area contributed by atoms with Gasteiger partial charge in [-0.1, -0.05) is 60.7 Å². The van der Waals surface area contributed by atoms with E-state index in [9.17, 15) is 4.79 Å². The highest BCUT2D eigenvalue weighted by molar-refractivity contribution is 5.88. The zero-order valence-electron chi connectivity index (χ0n) is 17.1. The fraction of sp³-hybridized carbons (Fsp3) is 0.115. The Labute approximate surface area is 176 Å². The fourth-order valence-electron chi connectivity index (χ4n) is 3.47. The van der Waals surface area contributed by atoms with Crippen LogP contribution in [0.5, 0.6) is 0 Å². The molecular weight excluding hydrogens is 372 g/mol. The quantitative estimate of drug-likeness (QED) is 0.346. The number of carbonyl (C=O) groups is 1. The summed E-state index contributed by atoms with van der Waals surface area (Å²) in [7, 11) is 0. The van der Waals surface area contributed by atoms with Gasteiger partial charge in [0, 0.05) is 24.6 Å². The molecule has 2 heterocycles. The third kappa shape index (κ3) is 3.98. The molecule has 0 bridgehead atoms. The van der Waals surface area contributed by atoms with E-state index < -0.39 is 0 Å². The molecule has 0 spiro atoms. The lowest BCUT2D eigenvalue weighted by Crippen LogP contribution is -2.42. The first-order valence-electron chi connectivity index (χ1n) is 9.99. The minimum atomic E-state index is -0.379. The lowest BCUT2D eigenvalue weighted by atomic mass is 10.0. The number of pyridine rings is 2. The van der Waals surface area contributed by atoms with E-state index in [-0.39, 0.29) is 5.97 Å². The maximum atomic E-state index is 13.0. The molecule has 30 heavy (non-hydrogen) atoms. The van der Waals surface area contributed by atoms with E-state index in [1.54, 1.807) is 0 Å². The number of hydrogen-bond acceptors (Lipinski definition) is 3. The Morgan fingerprint density at radius 1 is 0.833 bits per heavy atom. The van der Waals surface area contributed by atoms with Gasteiger partial charge < -0.3 is 4.74 Å². The number of carbonyl (C=O) groups excluding carboxylic acids is 1. The molecule has 148 valence electrons. The number of ether oxygens (including phenoxy) is 1. The fourth-order valence-corrected chi connectivity index (χ4v) is 3.47. The molecule has 4 aromatic rings. The minimum Gasteiger partial charge on any atom is -0.460 e. The molecule has 0 fully saturated rings. The van der Waals surface area contributed by atoms with Crippen LogP contribution in [0.15, 0.2) is 91.0 Å². The van der Waals surface area contributed by atoms with Gasteiger partial charge >= 0.3 is 11.8 Å². The van der Waals surface area contributed by atoms with Crippen molar-refractivity contribution in [2.45, 2.75) is 13.8 Å². The maximum absolute atomic E-state index is 13.0. The van der Waals surface area contributed by atoms with Gasteiger partial charge in [-0.2, -0.15) is 4.57 Å². The predicted molar refractivity (Wildman–Crippen MR) is 117 cm³/mol. The van der Waals surface area contributed by atoms with E-state index >= 15 is 0 Å². The molecule has 0 unspecified atom stereocenters. The summed E-state index contributed by atoms with van der Waals surface area (Å²) in [6.45, 7) is 4.05. The molecule has 0 aliphatic rings. The zero-order valence-corrected chi connectivity index (χ0v) is 17.1. The average Bonchev–Trinajstić information content (AvgIpc) is 2.79. The van der Waals surface area contributed by atoms with Crippen molar-refractivity contribution in [3.8, 4) is 28.2 Å². The highest BCUT2D eigenvalue weighted by atomic mass is 16.5. The van der Waals surface area contributed by atoms with Crippen LogP contribution in [0, 0.1) is 6.92 Å². The molecule has 0 saturated heterocycles. The summed E-state index contributed by atoms with van der Waals surface area (Å²) in [5.74, 6) is 0.298. The van der Waals surface area contributed by atoms with Crippen LogP contribution in [0.3, 0.4) is 0 Å². The molecular formula is C26H23N2O2+. The number of aryl methyl sites for hydroxylation is 1. The lowest BCUT2D eigenvalue weighted by molar-refractivity contribution is -0.591. The summed E-state index contributed by atoms with van der Waals surface area (Å²) in [6.07, 6.45) is 0. The summed E-state index contributed by atoms with van der Waals surface area (Å²) in [6, 6.07) is 29.8. The highest BCUT2D eigenvalue weighted by Gasteiger charge is 2.27. The summed E-state index contributed by atoms with van der Waals surface area (Å²) in [5.41, 5.74) is 5.16. The van der Waals surface area contributed by atoms with Crippen LogP contribution in [0.25, 0.3) is 28.2 Å². The molecule has 0 amide bonds. The Morgan fingerprint density at radius 3 is 2.13 bits per heavy atom. The summed E-state index contributed by atoms with van der Waals surface area (Å²) < 4.78 is 7.30. The standard InChI is InChI=1S/C26H23N2O2/c1-3-30-26(29)24-18-22(20-12-6-4-7-13-20)17-23(21-14-8-5-9-15-21)28(24)25-16-10-11-19(2)27-25/h4-18H,3H2,1-2H3/q+1. The van der Waals surface area contributed by atoms with Crippen molar-refractivity contribution in [1.29, 1.82) is 0 Å². The van der Waals surface area contributed by atoms with Gasteiger partial charge in [-0.05, 0) is 41.2 Å². The van der Waals surface area contributed by atoms with Crippen molar-refractivity contribution in [3.63, 3.8) is 0 Å². The Morgan fingerprint density at radius 2 is 1.50 bits per heavy atom. The third-order valence-electron chi connectivity index (χ3n) is 4.83. The monoisotopic (exact) mass is 395 g/mol. The molecule has 4 nitrogen and oxygen atoms in total. The topological polar surface area (TPSA) is 43.1 Å².